The summed E-state index contributed by atoms with van der Waals surface area (Å²) in [6.45, 7) is 0. The molecule has 0 aliphatic rings. The van der Waals surface area contributed by atoms with E-state index in [2.05, 4.69) is 15.9 Å². The molecule has 0 aliphatic carbocycles. The Morgan fingerprint density at radius 1 is 1.06 bits per heavy atom. The summed E-state index contributed by atoms with van der Waals surface area (Å²) in [5, 5.41) is 0.744. The van der Waals surface area contributed by atoms with Gasteiger partial charge in [-0.3, -0.25) is 0 Å². The maximum Gasteiger partial charge on any atom is 0.123 e. The molecule has 0 heterocycles. The van der Waals surface area contributed by atoms with E-state index in [1.54, 1.807) is 7.11 Å². The molecule has 1 atom stereocenters. The molecule has 1 unspecified atom stereocenters. The number of benzene rings is 2. The van der Waals surface area contributed by atoms with Gasteiger partial charge in [0.25, 0.3) is 0 Å². The van der Waals surface area contributed by atoms with Crippen LogP contribution >= 0.6 is 27.5 Å². The van der Waals surface area contributed by atoms with Gasteiger partial charge in [0.1, 0.15) is 5.75 Å². The molecule has 17 heavy (non-hydrogen) atoms. The van der Waals surface area contributed by atoms with E-state index in [0.717, 1.165) is 21.9 Å². The molecule has 0 saturated heterocycles. The van der Waals surface area contributed by atoms with Crippen molar-refractivity contribution in [3.63, 3.8) is 0 Å². The Balaban J connectivity index is 2.36. The Hall–Kier alpha value is -0.990. The standard InChI is InChI=1S/C14H12BrClO/c1-17-13-5-3-2-4-12(13)14(15)10-6-8-11(16)9-7-10/h2-9,14H,1H3. The van der Waals surface area contributed by atoms with Crippen LogP contribution in [0.25, 0.3) is 0 Å². The average Bonchev–Trinajstić information content (AvgIpc) is 2.39. The molecule has 2 aromatic rings. The van der Waals surface area contributed by atoms with Crippen LogP contribution in [-0.2, 0) is 0 Å². The minimum absolute atomic E-state index is 0.107. The van der Waals surface area contributed by atoms with E-state index in [4.69, 9.17) is 16.3 Å². The summed E-state index contributed by atoms with van der Waals surface area (Å²) in [7, 11) is 1.68. The molecule has 2 rings (SSSR count). The van der Waals surface area contributed by atoms with Crippen molar-refractivity contribution in [2.24, 2.45) is 0 Å². The summed E-state index contributed by atoms with van der Waals surface area (Å²) in [4.78, 5) is 0.107. The van der Waals surface area contributed by atoms with E-state index in [1.165, 1.54) is 0 Å². The maximum atomic E-state index is 5.88. The number of methoxy groups -OCH3 is 1. The van der Waals surface area contributed by atoms with Gasteiger partial charge in [-0.2, -0.15) is 0 Å². The molecule has 3 heteroatoms. The fraction of sp³-hybridized carbons (Fsp3) is 0.143. The van der Waals surface area contributed by atoms with Gasteiger partial charge in [0, 0.05) is 10.6 Å². The highest BCUT2D eigenvalue weighted by Gasteiger charge is 2.14. The molecule has 88 valence electrons. The minimum atomic E-state index is 0.107. The Morgan fingerprint density at radius 3 is 2.35 bits per heavy atom. The normalized spacial score (nSPS) is 12.2. The van der Waals surface area contributed by atoms with Gasteiger partial charge in [0.05, 0.1) is 11.9 Å². The zero-order valence-corrected chi connectivity index (χ0v) is 11.7. The third kappa shape index (κ3) is 2.82. The Morgan fingerprint density at radius 2 is 1.71 bits per heavy atom. The fourth-order valence-corrected chi connectivity index (χ4v) is 2.50. The molecule has 2 aromatic carbocycles. The van der Waals surface area contributed by atoms with E-state index in [-0.39, 0.29) is 4.83 Å². The van der Waals surface area contributed by atoms with Crippen LogP contribution in [0.3, 0.4) is 0 Å². The van der Waals surface area contributed by atoms with Crippen molar-refractivity contribution >= 4 is 27.5 Å². The van der Waals surface area contributed by atoms with Gasteiger partial charge < -0.3 is 4.74 Å². The van der Waals surface area contributed by atoms with Gasteiger partial charge in [-0.05, 0) is 23.8 Å². The molecule has 0 saturated carbocycles. The molecule has 0 radical (unpaired) electrons. The van der Waals surface area contributed by atoms with Crippen LogP contribution < -0.4 is 4.74 Å². The number of hydrogen-bond acceptors (Lipinski definition) is 1. The minimum Gasteiger partial charge on any atom is -0.496 e. The number of ether oxygens (including phenoxy) is 1. The summed E-state index contributed by atoms with van der Waals surface area (Å²) in [6, 6.07) is 15.8. The van der Waals surface area contributed by atoms with E-state index >= 15 is 0 Å². The van der Waals surface area contributed by atoms with Gasteiger partial charge in [-0.1, -0.05) is 57.9 Å². The number of hydrogen-bond donors (Lipinski definition) is 0. The predicted molar refractivity (Wildman–Crippen MR) is 75.2 cm³/mol. The molecule has 0 spiro atoms. The van der Waals surface area contributed by atoms with Gasteiger partial charge in [0.2, 0.25) is 0 Å². The van der Waals surface area contributed by atoms with Crippen molar-refractivity contribution in [3.05, 3.63) is 64.7 Å². The summed E-state index contributed by atoms with van der Waals surface area (Å²) in [5.41, 5.74) is 2.26. The van der Waals surface area contributed by atoms with Crippen LogP contribution in [0, 0.1) is 0 Å². The van der Waals surface area contributed by atoms with Gasteiger partial charge in [-0.15, -0.1) is 0 Å². The third-order valence-corrected chi connectivity index (χ3v) is 3.85. The first-order chi connectivity index (χ1) is 8.22. The topological polar surface area (TPSA) is 9.23 Å². The Bertz CT molecular complexity index is 496. The van der Waals surface area contributed by atoms with Crippen LogP contribution in [-0.4, -0.2) is 7.11 Å². The van der Waals surface area contributed by atoms with Crippen molar-refractivity contribution in [1.29, 1.82) is 0 Å². The summed E-state index contributed by atoms with van der Waals surface area (Å²) in [5.74, 6) is 0.879. The lowest BCUT2D eigenvalue weighted by Crippen LogP contribution is -1.96. The lowest BCUT2D eigenvalue weighted by Gasteiger charge is -2.14. The van der Waals surface area contributed by atoms with Crippen LogP contribution in [0.5, 0.6) is 5.75 Å². The van der Waals surface area contributed by atoms with Crippen LogP contribution in [0.4, 0.5) is 0 Å². The monoisotopic (exact) mass is 310 g/mol. The van der Waals surface area contributed by atoms with Crippen molar-refractivity contribution in [2.75, 3.05) is 7.11 Å². The summed E-state index contributed by atoms with van der Waals surface area (Å²) >= 11 is 9.57. The number of halogens is 2. The van der Waals surface area contributed by atoms with E-state index in [9.17, 15) is 0 Å². The second kappa shape index (κ2) is 5.56. The lowest BCUT2D eigenvalue weighted by molar-refractivity contribution is 0.410. The smallest absolute Gasteiger partial charge is 0.123 e. The Labute approximate surface area is 115 Å². The molecular formula is C14H12BrClO. The molecule has 0 bridgehead atoms. The van der Waals surface area contributed by atoms with Crippen molar-refractivity contribution < 1.29 is 4.74 Å². The van der Waals surface area contributed by atoms with Gasteiger partial charge in [0.15, 0.2) is 0 Å². The van der Waals surface area contributed by atoms with Crippen LogP contribution in [0.15, 0.2) is 48.5 Å². The summed E-state index contributed by atoms with van der Waals surface area (Å²) < 4.78 is 5.36. The SMILES string of the molecule is COc1ccccc1C(Br)c1ccc(Cl)cc1. The highest BCUT2D eigenvalue weighted by Crippen LogP contribution is 2.36. The van der Waals surface area contributed by atoms with E-state index < -0.39 is 0 Å². The first kappa shape index (κ1) is 12.5. The highest BCUT2D eigenvalue weighted by molar-refractivity contribution is 9.09. The predicted octanol–water partition coefficient (Wildman–Crippen LogP) is 4.83. The van der Waals surface area contributed by atoms with E-state index in [1.807, 2.05) is 48.5 Å². The molecule has 0 aromatic heterocycles. The first-order valence-electron chi connectivity index (χ1n) is 5.25. The molecule has 0 amide bonds. The zero-order chi connectivity index (χ0) is 12.3. The summed E-state index contributed by atoms with van der Waals surface area (Å²) in [6.07, 6.45) is 0. The molecule has 1 nitrogen and oxygen atoms in total. The van der Waals surface area contributed by atoms with Crippen LogP contribution in [0.2, 0.25) is 5.02 Å². The maximum absolute atomic E-state index is 5.88. The average molecular weight is 312 g/mol. The van der Waals surface area contributed by atoms with Crippen molar-refractivity contribution in [1.82, 2.24) is 0 Å². The quantitative estimate of drug-likeness (QED) is 0.738. The van der Waals surface area contributed by atoms with Crippen molar-refractivity contribution in [3.8, 4) is 5.75 Å². The highest BCUT2D eigenvalue weighted by atomic mass is 79.9. The first-order valence-corrected chi connectivity index (χ1v) is 6.54. The molecule has 0 aliphatic heterocycles. The lowest BCUT2D eigenvalue weighted by atomic mass is 10.0. The van der Waals surface area contributed by atoms with Crippen molar-refractivity contribution in [2.45, 2.75) is 4.83 Å². The second-order valence-corrected chi connectivity index (χ2v) is 5.01. The fourth-order valence-electron chi connectivity index (χ4n) is 1.69. The number of para-hydroxylation sites is 1. The Kier molecular flexibility index (Phi) is 4.08. The zero-order valence-electron chi connectivity index (χ0n) is 9.36. The molecule has 0 N–H and O–H groups in total. The van der Waals surface area contributed by atoms with Gasteiger partial charge >= 0.3 is 0 Å². The number of rotatable bonds is 3. The molecule has 0 fully saturated rings. The number of alkyl halides is 1. The largest absolute Gasteiger partial charge is 0.496 e. The van der Waals surface area contributed by atoms with E-state index in [0.29, 0.717) is 0 Å². The van der Waals surface area contributed by atoms with Crippen LogP contribution in [0.1, 0.15) is 16.0 Å². The van der Waals surface area contributed by atoms with Gasteiger partial charge in [-0.25, -0.2) is 0 Å². The molecular weight excluding hydrogens is 300 g/mol. The second-order valence-electron chi connectivity index (χ2n) is 3.66. The third-order valence-electron chi connectivity index (χ3n) is 2.57.